The summed E-state index contributed by atoms with van der Waals surface area (Å²) in [5, 5.41) is 3.72. The minimum Gasteiger partial charge on any atom is -0.306 e. The first-order chi connectivity index (χ1) is 9.24. The monoisotopic (exact) mass is 251 g/mol. The minimum atomic E-state index is 0.524. The summed E-state index contributed by atoms with van der Waals surface area (Å²) in [5.41, 5.74) is 7.15. The van der Waals surface area contributed by atoms with E-state index < -0.39 is 0 Å². The van der Waals surface area contributed by atoms with E-state index in [4.69, 9.17) is 0 Å². The zero-order valence-corrected chi connectivity index (χ0v) is 11.7. The fourth-order valence-corrected chi connectivity index (χ4v) is 2.99. The van der Waals surface area contributed by atoms with Crippen LogP contribution in [0.5, 0.6) is 0 Å². The van der Waals surface area contributed by atoms with E-state index in [0.29, 0.717) is 6.04 Å². The fraction of sp³-hybridized carbons (Fsp3) is 0.333. The van der Waals surface area contributed by atoms with Gasteiger partial charge in [-0.3, -0.25) is 0 Å². The summed E-state index contributed by atoms with van der Waals surface area (Å²) in [6.45, 7) is 5.32. The van der Waals surface area contributed by atoms with Crippen LogP contribution in [0.4, 0.5) is 0 Å². The number of fused-ring (bicyclic) bond motifs is 1. The second kappa shape index (κ2) is 5.18. The average Bonchev–Trinajstić information content (AvgIpc) is 2.83. The SMILES string of the molecule is Cc1ccc(C)c(CNC2CCc3ccccc32)c1. The Labute approximate surface area is 115 Å². The van der Waals surface area contributed by atoms with Crippen LogP contribution in [-0.4, -0.2) is 0 Å². The van der Waals surface area contributed by atoms with Gasteiger partial charge in [0.25, 0.3) is 0 Å². The van der Waals surface area contributed by atoms with E-state index in [-0.39, 0.29) is 0 Å². The molecular formula is C18H21N. The van der Waals surface area contributed by atoms with Gasteiger partial charge in [0.1, 0.15) is 0 Å². The molecule has 0 fully saturated rings. The Bertz CT molecular complexity index is 586. The number of aryl methyl sites for hydroxylation is 3. The van der Waals surface area contributed by atoms with Crippen LogP contribution >= 0.6 is 0 Å². The first kappa shape index (κ1) is 12.4. The third-order valence-electron chi connectivity index (χ3n) is 4.18. The van der Waals surface area contributed by atoms with E-state index >= 15 is 0 Å². The highest BCUT2D eigenvalue weighted by Gasteiger charge is 2.21. The lowest BCUT2D eigenvalue weighted by Crippen LogP contribution is -2.19. The molecule has 2 aromatic carbocycles. The van der Waals surface area contributed by atoms with Crippen molar-refractivity contribution in [3.05, 3.63) is 70.3 Å². The highest BCUT2D eigenvalue weighted by Crippen LogP contribution is 2.31. The smallest absolute Gasteiger partial charge is 0.0329 e. The summed E-state index contributed by atoms with van der Waals surface area (Å²) in [6.07, 6.45) is 2.44. The Morgan fingerprint density at radius 1 is 1.11 bits per heavy atom. The first-order valence-corrected chi connectivity index (χ1v) is 7.11. The third kappa shape index (κ3) is 2.57. The summed E-state index contributed by atoms with van der Waals surface area (Å²) in [6, 6.07) is 16.0. The average molecular weight is 251 g/mol. The Morgan fingerprint density at radius 2 is 1.95 bits per heavy atom. The van der Waals surface area contributed by atoms with Gasteiger partial charge in [-0.2, -0.15) is 0 Å². The summed E-state index contributed by atoms with van der Waals surface area (Å²) >= 11 is 0. The lowest BCUT2D eigenvalue weighted by atomic mass is 10.0. The summed E-state index contributed by atoms with van der Waals surface area (Å²) in [4.78, 5) is 0. The summed E-state index contributed by atoms with van der Waals surface area (Å²) in [5.74, 6) is 0. The highest BCUT2D eigenvalue weighted by atomic mass is 14.9. The van der Waals surface area contributed by atoms with Crippen molar-refractivity contribution in [2.45, 2.75) is 39.3 Å². The molecule has 0 saturated heterocycles. The molecule has 1 N–H and O–H groups in total. The van der Waals surface area contributed by atoms with Gasteiger partial charge >= 0.3 is 0 Å². The molecule has 0 heterocycles. The van der Waals surface area contributed by atoms with Crippen molar-refractivity contribution in [2.24, 2.45) is 0 Å². The van der Waals surface area contributed by atoms with Gasteiger partial charge in [-0.25, -0.2) is 0 Å². The maximum Gasteiger partial charge on any atom is 0.0329 e. The lowest BCUT2D eigenvalue weighted by molar-refractivity contribution is 0.529. The molecule has 0 amide bonds. The molecule has 1 nitrogen and oxygen atoms in total. The summed E-state index contributed by atoms with van der Waals surface area (Å²) < 4.78 is 0. The van der Waals surface area contributed by atoms with Crippen molar-refractivity contribution in [1.29, 1.82) is 0 Å². The number of nitrogens with one attached hydrogen (secondary N) is 1. The second-order valence-electron chi connectivity index (χ2n) is 5.60. The predicted octanol–water partition coefficient (Wildman–Crippen LogP) is 4.08. The van der Waals surface area contributed by atoms with Gasteiger partial charge < -0.3 is 5.32 Å². The Hall–Kier alpha value is -1.60. The number of hydrogen-bond acceptors (Lipinski definition) is 1. The van der Waals surface area contributed by atoms with Gasteiger partial charge in [0, 0.05) is 12.6 Å². The summed E-state index contributed by atoms with van der Waals surface area (Å²) in [7, 11) is 0. The fourth-order valence-electron chi connectivity index (χ4n) is 2.99. The number of rotatable bonds is 3. The van der Waals surface area contributed by atoms with Gasteiger partial charge in [-0.15, -0.1) is 0 Å². The van der Waals surface area contributed by atoms with Gasteiger partial charge in [-0.05, 0) is 48.9 Å². The topological polar surface area (TPSA) is 12.0 Å². The molecule has 0 saturated carbocycles. The van der Waals surface area contributed by atoms with Crippen molar-refractivity contribution in [3.63, 3.8) is 0 Å². The zero-order chi connectivity index (χ0) is 13.2. The van der Waals surface area contributed by atoms with Crippen molar-refractivity contribution in [1.82, 2.24) is 5.32 Å². The van der Waals surface area contributed by atoms with E-state index in [1.165, 1.54) is 40.7 Å². The second-order valence-corrected chi connectivity index (χ2v) is 5.60. The molecular weight excluding hydrogens is 230 g/mol. The Kier molecular flexibility index (Phi) is 3.39. The molecule has 0 aliphatic heterocycles. The molecule has 19 heavy (non-hydrogen) atoms. The molecule has 0 spiro atoms. The quantitative estimate of drug-likeness (QED) is 0.866. The number of hydrogen-bond donors (Lipinski definition) is 1. The van der Waals surface area contributed by atoms with Crippen LogP contribution in [0, 0.1) is 13.8 Å². The van der Waals surface area contributed by atoms with Crippen LogP contribution in [-0.2, 0) is 13.0 Å². The van der Waals surface area contributed by atoms with Crippen LogP contribution in [0.3, 0.4) is 0 Å². The largest absolute Gasteiger partial charge is 0.306 e. The van der Waals surface area contributed by atoms with E-state index in [0.717, 1.165) is 6.54 Å². The van der Waals surface area contributed by atoms with Crippen LogP contribution in [0.1, 0.15) is 40.3 Å². The molecule has 1 aliphatic carbocycles. The van der Waals surface area contributed by atoms with Crippen LogP contribution in [0.15, 0.2) is 42.5 Å². The van der Waals surface area contributed by atoms with Crippen molar-refractivity contribution < 1.29 is 0 Å². The van der Waals surface area contributed by atoms with Crippen molar-refractivity contribution in [3.8, 4) is 0 Å². The Balaban J connectivity index is 1.72. The predicted molar refractivity (Wildman–Crippen MR) is 80.3 cm³/mol. The third-order valence-corrected chi connectivity index (χ3v) is 4.18. The molecule has 0 aromatic heterocycles. The van der Waals surface area contributed by atoms with Gasteiger partial charge in [0.2, 0.25) is 0 Å². The molecule has 98 valence electrons. The molecule has 1 heteroatoms. The van der Waals surface area contributed by atoms with E-state index in [9.17, 15) is 0 Å². The van der Waals surface area contributed by atoms with Crippen LogP contribution in [0.25, 0.3) is 0 Å². The molecule has 1 atom stereocenters. The first-order valence-electron chi connectivity index (χ1n) is 7.11. The van der Waals surface area contributed by atoms with Crippen LogP contribution < -0.4 is 5.32 Å². The maximum absolute atomic E-state index is 3.72. The van der Waals surface area contributed by atoms with E-state index in [1.807, 2.05) is 0 Å². The highest BCUT2D eigenvalue weighted by molar-refractivity contribution is 5.35. The molecule has 1 unspecified atom stereocenters. The van der Waals surface area contributed by atoms with Crippen LogP contribution in [0.2, 0.25) is 0 Å². The molecule has 0 bridgehead atoms. The molecule has 0 radical (unpaired) electrons. The van der Waals surface area contributed by atoms with E-state index in [2.05, 4.69) is 61.6 Å². The molecule has 3 rings (SSSR count). The maximum atomic E-state index is 3.72. The lowest BCUT2D eigenvalue weighted by Gasteiger charge is -2.15. The number of benzene rings is 2. The van der Waals surface area contributed by atoms with Gasteiger partial charge in [0.15, 0.2) is 0 Å². The zero-order valence-electron chi connectivity index (χ0n) is 11.7. The normalized spacial score (nSPS) is 17.5. The van der Waals surface area contributed by atoms with Gasteiger partial charge in [0.05, 0.1) is 0 Å². The molecule has 2 aromatic rings. The van der Waals surface area contributed by atoms with Crippen molar-refractivity contribution >= 4 is 0 Å². The minimum absolute atomic E-state index is 0.524. The Morgan fingerprint density at radius 3 is 2.84 bits per heavy atom. The molecule has 1 aliphatic rings. The standard InChI is InChI=1S/C18H21N/c1-13-7-8-14(2)16(11-13)12-19-18-10-9-15-5-3-4-6-17(15)18/h3-8,11,18-19H,9-10,12H2,1-2H3. The van der Waals surface area contributed by atoms with Gasteiger partial charge in [-0.1, -0.05) is 48.0 Å². The van der Waals surface area contributed by atoms with E-state index in [1.54, 1.807) is 0 Å². The van der Waals surface area contributed by atoms with Crippen molar-refractivity contribution in [2.75, 3.05) is 0 Å².